The monoisotopic (exact) mass is 1030 g/mol. The quantitative estimate of drug-likeness (QED) is 0.0782. The second-order valence-electron chi connectivity index (χ2n) is 19.9. The Hall–Kier alpha value is -8.95. The van der Waals surface area contributed by atoms with Gasteiger partial charge in [-0.15, -0.1) is 0 Å². The SMILES string of the molecule is c1ccc([Si](O[Si](c2ccccc2)(c2ccccc2)c2cccc(-c3cccc(-n4c5ccccc5c5cc([Si](c6ccccc6)(c6ccccc6)c6ccccc6)ccc54)c3)c2)(c2ccccc2)c2ccccc2)cc1. The van der Waals surface area contributed by atoms with E-state index < -0.39 is 24.7 Å². The van der Waals surface area contributed by atoms with Crippen LogP contribution in [0.3, 0.4) is 0 Å². The Bertz CT molecular complexity index is 3870. The number of benzene rings is 12. The summed E-state index contributed by atoms with van der Waals surface area (Å²) in [6.45, 7) is 0. The molecule has 0 amide bonds. The van der Waals surface area contributed by atoms with Crippen LogP contribution in [0, 0.1) is 0 Å². The van der Waals surface area contributed by atoms with Crippen LogP contribution in [0.5, 0.6) is 0 Å². The Morgan fingerprint density at radius 3 is 1.00 bits per heavy atom. The van der Waals surface area contributed by atoms with Gasteiger partial charge in [-0.1, -0.05) is 309 Å². The highest BCUT2D eigenvalue weighted by molar-refractivity contribution is 7.20. The molecule has 1 heterocycles. The van der Waals surface area contributed by atoms with Gasteiger partial charge >= 0.3 is 0 Å². The van der Waals surface area contributed by atoms with E-state index in [4.69, 9.17) is 4.12 Å². The lowest BCUT2D eigenvalue weighted by molar-refractivity contribution is 0.600. The lowest BCUT2D eigenvalue weighted by atomic mass is 10.1. The van der Waals surface area contributed by atoms with Crippen LogP contribution >= 0.6 is 0 Å². The third-order valence-corrected chi connectivity index (χ3v) is 29.7. The van der Waals surface area contributed by atoms with Gasteiger partial charge in [-0.2, -0.15) is 0 Å². The van der Waals surface area contributed by atoms with Crippen LogP contribution in [0.1, 0.15) is 0 Å². The molecule has 0 atom stereocenters. The zero-order valence-corrected chi connectivity index (χ0v) is 45.6. The van der Waals surface area contributed by atoms with Crippen molar-refractivity contribution < 1.29 is 4.12 Å². The van der Waals surface area contributed by atoms with E-state index in [1.165, 1.54) is 73.7 Å². The smallest absolute Gasteiger partial charge is 0.278 e. The number of rotatable bonds is 14. The third kappa shape index (κ3) is 8.29. The summed E-state index contributed by atoms with van der Waals surface area (Å²) in [7, 11) is -9.55. The predicted molar refractivity (Wildman–Crippen MR) is 332 cm³/mol. The summed E-state index contributed by atoms with van der Waals surface area (Å²) < 4.78 is 11.2. The van der Waals surface area contributed by atoms with Crippen LogP contribution in [0.15, 0.2) is 334 Å². The maximum atomic E-state index is 8.71. The molecule has 13 rings (SSSR count). The topological polar surface area (TPSA) is 14.2 Å². The summed E-state index contributed by atoms with van der Waals surface area (Å²) in [5, 5.41) is 15.1. The number of nitrogens with zero attached hydrogens (tertiary/aromatic N) is 1. The molecule has 1 aromatic heterocycles. The van der Waals surface area contributed by atoms with Crippen LogP contribution in [0.4, 0.5) is 0 Å². The molecule has 0 fully saturated rings. The number of aromatic nitrogens is 1. The molecule has 0 unspecified atom stereocenters. The van der Waals surface area contributed by atoms with Gasteiger partial charge in [0.25, 0.3) is 16.6 Å². The minimum Gasteiger partial charge on any atom is -0.435 e. The highest BCUT2D eigenvalue weighted by Crippen LogP contribution is 2.34. The van der Waals surface area contributed by atoms with Gasteiger partial charge in [-0.05, 0) is 87.3 Å². The minimum atomic E-state index is -3.45. The van der Waals surface area contributed by atoms with Crippen molar-refractivity contribution in [3.63, 3.8) is 0 Å². The first-order valence-electron chi connectivity index (χ1n) is 26.6. The Kier molecular flexibility index (Phi) is 12.8. The van der Waals surface area contributed by atoms with Gasteiger partial charge in [0, 0.05) is 16.5 Å². The van der Waals surface area contributed by atoms with Gasteiger partial charge in [-0.3, -0.25) is 0 Å². The van der Waals surface area contributed by atoms with Gasteiger partial charge in [0.1, 0.15) is 0 Å². The standard InChI is InChI=1S/C72H55NOSi3/c1-9-32-59(33-10-1)75(60-34-11-2-12-35-60,61-36-13-3-14-37-61)67-51-52-72-70(55-67)69-49-25-26-50-71(69)73(72)58-31-27-29-56(53-58)57-30-28-48-68(54-57)77(65-44-21-7-22-45-65,66-46-23-8-24-47-66)74-76(62-38-15-4-16-39-62,63-40-17-5-18-41-63)64-42-19-6-20-43-64/h1-55H. The predicted octanol–water partition coefficient (Wildman–Crippen LogP) is 10.5. The highest BCUT2D eigenvalue weighted by Gasteiger charge is 2.53. The summed E-state index contributed by atoms with van der Waals surface area (Å²) in [5.74, 6) is 0. The average molecular weight is 1030 g/mol. The van der Waals surface area contributed by atoms with Crippen molar-refractivity contribution >= 4 is 98.4 Å². The Morgan fingerprint density at radius 1 is 0.221 bits per heavy atom. The van der Waals surface area contributed by atoms with Gasteiger partial charge in [0.15, 0.2) is 8.07 Å². The van der Waals surface area contributed by atoms with Crippen molar-refractivity contribution in [1.82, 2.24) is 4.57 Å². The van der Waals surface area contributed by atoms with Crippen molar-refractivity contribution in [2.45, 2.75) is 0 Å². The molecule has 0 spiro atoms. The van der Waals surface area contributed by atoms with Gasteiger partial charge in [0.2, 0.25) is 0 Å². The normalized spacial score (nSPS) is 11.9. The van der Waals surface area contributed by atoms with Crippen molar-refractivity contribution in [2.75, 3.05) is 0 Å². The van der Waals surface area contributed by atoms with E-state index in [0.29, 0.717) is 0 Å². The first-order valence-corrected chi connectivity index (χ1v) is 32.4. The van der Waals surface area contributed by atoms with E-state index >= 15 is 0 Å². The first-order chi connectivity index (χ1) is 38.2. The minimum absolute atomic E-state index is 1.11. The molecular formula is C72H55NOSi3. The fourth-order valence-corrected chi connectivity index (χ4v) is 27.7. The lowest BCUT2D eigenvalue weighted by Crippen LogP contribution is -2.81. The molecule has 0 N–H and O–H groups in total. The molecule has 0 aliphatic rings. The molecule has 12 aromatic carbocycles. The zero-order valence-electron chi connectivity index (χ0n) is 42.6. The average Bonchev–Trinajstić information content (AvgIpc) is 3.87. The second kappa shape index (κ2) is 20.6. The van der Waals surface area contributed by atoms with E-state index in [-0.39, 0.29) is 0 Å². The number of hydrogen-bond donors (Lipinski definition) is 0. The number of para-hydroxylation sites is 1. The van der Waals surface area contributed by atoms with Crippen molar-refractivity contribution in [3.8, 4) is 16.8 Å². The molecule has 366 valence electrons. The van der Waals surface area contributed by atoms with Gasteiger partial charge in [-0.25, -0.2) is 0 Å². The molecule has 0 radical (unpaired) electrons. The second-order valence-corrected chi connectivity index (χ2v) is 30.7. The number of fused-ring (bicyclic) bond motifs is 3. The molecule has 13 aromatic rings. The molecule has 0 bridgehead atoms. The third-order valence-electron chi connectivity index (χ3n) is 15.6. The van der Waals surface area contributed by atoms with E-state index in [9.17, 15) is 0 Å². The van der Waals surface area contributed by atoms with Crippen LogP contribution in [-0.4, -0.2) is 29.3 Å². The molecule has 5 heteroatoms. The van der Waals surface area contributed by atoms with Crippen molar-refractivity contribution in [3.05, 3.63) is 334 Å². The molecule has 0 saturated heterocycles. The molecule has 77 heavy (non-hydrogen) atoms. The molecular weight excluding hydrogens is 979 g/mol. The van der Waals surface area contributed by atoms with Gasteiger partial charge < -0.3 is 8.68 Å². The van der Waals surface area contributed by atoms with E-state index in [1.807, 2.05) is 0 Å². The molecule has 0 aliphatic carbocycles. The van der Waals surface area contributed by atoms with Crippen LogP contribution in [0.25, 0.3) is 38.6 Å². The maximum absolute atomic E-state index is 8.71. The van der Waals surface area contributed by atoms with Crippen LogP contribution < -0.4 is 51.9 Å². The van der Waals surface area contributed by atoms with E-state index in [0.717, 1.165) is 16.8 Å². The molecule has 0 saturated carbocycles. The van der Waals surface area contributed by atoms with Crippen LogP contribution in [0.2, 0.25) is 0 Å². The Labute approximate surface area is 454 Å². The highest BCUT2D eigenvalue weighted by atomic mass is 28.4. The Balaban J connectivity index is 1.00. The lowest BCUT2D eigenvalue weighted by Gasteiger charge is -2.44. The van der Waals surface area contributed by atoms with Crippen LogP contribution in [-0.2, 0) is 4.12 Å². The van der Waals surface area contributed by atoms with E-state index in [2.05, 4.69) is 338 Å². The summed E-state index contributed by atoms with van der Waals surface area (Å²) in [6.07, 6.45) is 0. The number of hydrogen-bond acceptors (Lipinski definition) is 1. The summed E-state index contributed by atoms with van der Waals surface area (Å²) in [5.41, 5.74) is 5.73. The Morgan fingerprint density at radius 2 is 0.558 bits per heavy atom. The zero-order chi connectivity index (χ0) is 51.5. The first kappa shape index (κ1) is 47.7. The van der Waals surface area contributed by atoms with Crippen molar-refractivity contribution in [2.24, 2.45) is 0 Å². The maximum Gasteiger partial charge on any atom is 0.278 e. The largest absolute Gasteiger partial charge is 0.435 e. The van der Waals surface area contributed by atoms with Crippen molar-refractivity contribution in [1.29, 1.82) is 0 Å². The summed E-state index contributed by atoms with van der Waals surface area (Å²) in [4.78, 5) is 0. The summed E-state index contributed by atoms with van der Waals surface area (Å²) >= 11 is 0. The fraction of sp³-hybridized carbons (Fsp3) is 0. The molecule has 0 aliphatic heterocycles. The van der Waals surface area contributed by atoms with E-state index in [1.54, 1.807) is 0 Å². The molecule has 2 nitrogen and oxygen atoms in total. The summed E-state index contributed by atoms with van der Waals surface area (Å²) in [6, 6.07) is 123. The van der Waals surface area contributed by atoms with Gasteiger partial charge in [0.05, 0.1) is 11.0 Å². The fourth-order valence-electron chi connectivity index (χ4n) is 12.2.